The van der Waals surface area contributed by atoms with Gasteiger partial charge in [-0.25, -0.2) is 8.78 Å². The molecule has 2 rings (SSSR count). The standard InChI is InChI=1S/C16H17F4NO.FH.In/c1-3-12(2)7-8-21-10-13-5-4-6-14(9-13)22-11-16(19,20)15(17)18;;/h1-6,9,15,21H,7-8,10-11H2;1H;/q;;+1/p-1. The summed E-state index contributed by atoms with van der Waals surface area (Å²) in [6.45, 7) is -0.233. The van der Waals surface area contributed by atoms with Crippen molar-refractivity contribution in [2.45, 2.75) is 25.3 Å². The summed E-state index contributed by atoms with van der Waals surface area (Å²) in [5.74, 6) is -4.05. The normalized spacial score (nSPS) is 14.4. The molecule has 0 radical (unpaired) electrons. The molecule has 0 amide bonds. The van der Waals surface area contributed by atoms with Crippen LogP contribution < -0.4 is 10.1 Å². The number of rotatable bonds is 9. The predicted molar refractivity (Wildman–Crippen MR) is 83.3 cm³/mol. The Morgan fingerprint density at radius 3 is 2.71 bits per heavy atom. The van der Waals surface area contributed by atoms with Crippen molar-refractivity contribution in [2.24, 2.45) is 0 Å². The first-order valence-electron chi connectivity index (χ1n) is 7.48. The quantitative estimate of drug-likeness (QED) is 0.455. The fourth-order valence-corrected chi connectivity index (χ4v) is 5.66. The van der Waals surface area contributed by atoms with Gasteiger partial charge in [-0.05, 0) is 0 Å². The number of nitrogens with one attached hydrogen (secondary N) is 1. The second-order valence-corrected chi connectivity index (χ2v) is 10.1. The Hall–Kier alpha value is -1.02. The summed E-state index contributed by atoms with van der Waals surface area (Å²) >= 11 is -2.89. The van der Waals surface area contributed by atoms with E-state index < -0.39 is 41.0 Å². The number of benzene rings is 1. The Kier molecular flexibility index (Phi) is 7.16. The van der Waals surface area contributed by atoms with Crippen molar-refractivity contribution in [1.29, 1.82) is 0 Å². The van der Waals surface area contributed by atoms with Crippen molar-refractivity contribution in [1.82, 2.24) is 5.32 Å². The van der Waals surface area contributed by atoms with Crippen LogP contribution in [0.15, 0.2) is 43.6 Å². The van der Waals surface area contributed by atoms with Crippen LogP contribution in [0, 0.1) is 0 Å². The molecule has 0 fully saturated rings. The van der Waals surface area contributed by atoms with Crippen molar-refractivity contribution >= 4 is 22.0 Å². The predicted octanol–water partition coefficient (Wildman–Crippen LogP) is 3.98. The van der Waals surface area contributed by atoms with E-state index in [4.69, 9.17) is 4.74 Å². The van der Waals surface area contributed by atoms with Crippen molar-refractivity contribution in [3.8, 4) is 5.75 Å². The molecule has 130 valence electrons. The Labute approximate surface area is 145 Å². The van der Waals surface area contributed by atoms with Crippen LogP contribution in [0.3, 0.4) is 0 Å². The Morgan fingerprint density at radius 1 is 1.25 bits per heavy atom. The molecule has 24 heavy (non-hydrogen) atoms. The van der Waals surface area contributed by atoms with Crippen LogP contribution in [0.4, 0.5) is 20.2 Å². The molecule has 0 saturated heterocycles. The van der Waals surface area contributed by atoms with Gasteiger partial charge in [-0.3, -0.25) is 0 Å². The van der Waals surface area contributed by atoms with E-state index in [1.54, 1.807) is 19.8 Å². The van der Waals surface area contributed by atoms with Crippen LogP contribution in [0.25, 0.3) is 0 Å². The van der Waals surface area contributed by atoms with Crippen LogP contribution in [-0.4, -0.2) is 47.5 Å². The van der Waals surface area contributed by atoms with Crippen LogP contribution in [0.2, 0.25) is 0 Å². The molecule has 0 saturated carbocycles. The van der Waals surface area contributed by atoms with Gasteiger partial charge >= 0.3 is 128 Å². The minimum absolute atomic E-state index is 0.116. The van der Waals surface area contributed by atoms with E-state index in [0.717, 1.165) is 17.6 Å². The summed E-state index contributed by atoms with van der Waals surface area (Å²) in [5.41, 5.74) is 1.79. The molecule has 1 aromatic rings. The fraction of sp³-hybridized carbons (Fsp3) is 0.375. The van der Waals surface area contributed by atoms with E-state index >= 15 is 0 Å². The Morgan fingerprint density at radius 2 is 2.04 bits per heavy atom. The van der Waals surface area contributed by atoms with Crippen LogP contribution in [0.1, 0.15) is 12.0 Å². The molecule has 2 nitrogen and oxygen atoms in total. The van der Waals surface area contributed by atoms with E-state index in [-0.39, 0.29) is 5.75 Å². The fourth-order valence-electron chi connectivity index (χ4n) is 2.15. The molecule has 1 heterocycles. The molecule has 8 heteroatoms. The summed E-state index contributed by atoms with van der Waals surface area (Å²) in [5, 5.41) is 3.16. The zero-order valence-electron chi connectivity index (χ0n) is 12.8. The first-order valence-corrected chi connectivity index (χ1v) is 12.5. The average Bonchev–Trinajstić information content (AvgIpc) is 2.95. The van der Waals surface area contributed by atoms with Crippen LogP contribution >= 0.6 is 0 Å². The zero-order valence-corrected chi connectivity index (χ0v) is 16.1. The van der Waals surface area contributed by atoms with Crippen LogP contribution in [0.5, 0.6) is 5.75 Å². The number of allylic oxidation sites excluding steroid dienone is 1. The summed E-state index contributed by atoms with van der Waals surface area (Å²) < 4.78 is 71.1. The monoisotopic (exact) mass is 449 g/mol. The van der Waals surface area contributed by atoms with E-state index in [2.05, 4.69) is 5.32 Å². The van der Waals surface area contributed by atoms with Gasteiger partial charge in [-0.15, -0.1) is 0 Å². The van der Waals surface area contributed by atoms with Crippen LogP contribution in [-0.2, 0) is 6.54 Å². The maximum atomic E-state index is 13.1. The third-order valence-electron chi connectivity index (χ3n) is 3.44. The number of hydrogen-bond donors (Lipinski definition) is 1. The van der Waals surface area contributed by atoms with Gasteiger partial charge in [0.05, 0.1) is 0 Å². The molecule has 0 unspecified atom stereocenters. The van der Waals surface area contributed by atoms with E-state index in [0.29, 0.717) is 13.1 Å². The SMILES string of the molecule is FC(F)C(F)(F)COc1cccc(CNCCC2=[CH][In]([F])[CH]=C2)c1. The molecule has 1 aromatic carbocycles. The van der Waals surface area contributed by atoms with Gasteiger partial charge in [0.1, 0.15) is 0 Å². The summed E-state index contributed by atoms with van der Waals surface area (Å²) in [6.07, 6.45) is -1.19. The van der Waals surface area contributed by atoms with Gasteiger partial charge in [0.15, 0.2) is 0 Å². The summed E-state index contributed by atoms with van der Waals surface area (Å²) in [4.78, 5) is 0. The number of ether oxygens (including phenoxy) is 1. The van der Waals surface area contributed by atoms with Gasteiger partial charge in [0.2, 0.25) is 0 Å². The number of alkyl halides is 4. The molecular weight excluding hydrogens is 432 g/mol. The van der Waals surface area contributed by atoms with E-state index in [9.17, 15) is 20.2 Å². The minimum atomic E-state index is -4.17. The summed E-state index contributed by atoms with van der Waals surface area (Å²) in [6, 6.07) is 6.34. The second-order valence-electron chi connectivity index (χ2n) is 5.47. The summed E-state index contributed by atoms with van der Waals surface area (Å²) in [7, 11) is 0. The van der Waals surface area contributed by atoms with Crippen molar-refractivity contribution in [3.63, 3.8) is 0 Å². The molecule has 0 atom stereocenters. The molecule has 0 aromatic heterocycles. The molecule has 1 aliphatic heterocycles. The van der Waals surface area contributed by atoms with Crippen molar-refractivity contribution < 1.29 is 25.0 Å². The molecule has 0 spiro atoms. The first kappa shape index (κ1) is 19.3. The van der Waals surface area contributed by atoms with Gasteiger partial charge in [0.25, 0.3) is 0 Å². The third kappa shape index (κ3) is 6.12. The Bertz CT molecular complexity index is 606. The third-order valence-corrected chi connectivity index (χ3v) is 7.17. The molecule has 1 N–H and O–H groups in total. The van der Waals surface area contributed by atoms with E-state index in [1.165, 1.54) is 12.1 Å². The average molecular weight is 449 g/mol. The molecule has 1 aliphatic rings. The van der Waals surface area contributed by atoms with Gasteiger partial charge < -0.3 is 0 Å². The topological polar surface area (TPSA) is 21.3 Å². The molecular formula is C16H17F5InNO. The zero-order chi connectivity index (χ0) is 17.6. The van der Waals surface area contributed by atoms with Gasteiger partial charge in [-0.2, -0.15) is 8.78 Å². The maximum absolute atomic E-state index is 13.1. The van der Waals surface area contributed by atoms with Crippen molar-refractivity contribution in [3.05, 3.63) is 49.1 Å². The number of halogens is 5. The number of hydrogen-bond acceptors (Lipinski definition) is 2. The van der Waals surface area contributed by atoms with E-state index in [1.807, 2.05) is 6.08 Å². The van der Waals surface area contributed by atoms with Gasteiger partial charge in [-0.1, -0.05) is 0 Å². The molecule has 0 aliphatic carbocycles. The first-order chi connectivity index (χ1) is 11.4. The van der Waals surface area contributed by atoms with Gasteiger partial charge in [0, 0.05) is 0 Å². The second kappa shape index (κ2) is 8.89. The Balaban J connectivity index is 1.76. The molecule has 0 bridgehead atoms. The van der Waals surface area contributed by atoms with Crippen molar-refractivity contribution in [2.75, 3.05) is 13.2 Å².